The molecule has 5 aliphatic rings. The molecule has 70 heavy (non-hydrogen) atoms. The average Bonchev–Trinajstić information content (AvgIpc) is 3.92. The maximum absolute atomic E-state index is 10.0. The normalized spacial score (nSPS) is 24.4. The van der Waals surface area contributed by atoms with E-state index in [1.807, 2.05) is 89.1 Å². The number of nitrogens with zero attached hydrogens (tertiary/aromatic N) is 7. The molecule has 0 radical (unpaired) electrons. The number of rotatable bonds is 12. The molecule has 370 valence electrons. The number of benzene rings is 2. The van der Waals surface area contributed by atoms with Crippen molar-refractivity contribution in [3.8, 4) is 46.3 Å². The van der Waals surface area contributed by atoms with Gasteiger partial charge in [-0.3, -0.25) is 0 Å². The van der Waals surface area contributed by atoms with Crippen molar-refractivity contribution in [2.24, 2.45) is 35.5 Å². The molecule has 3 aliphatic heterocycles. The molecule has 6 aromatic rings. The lowest BCUT2D eigenvalue weighted by Crippen LogP contribution is -2.31. The van der Waals surface area contributed by atoms with Gasteiger partial charge in [-0.05, 0) is 126 Å². The number of β-amino-alcohol motifs (C(OH)–C–C–N with tert-alkyl or cyclic N) is 1. The molecule has 5 N–H and O–H groups in total. The van der Waals surface area contributed by atoms with Gasteiger partial charge in [0.1, 0.15) is 35.2 Å². The zero-order valence-corrected chi connectivity index (χ0v) is 41.3. The maximum atomic E-state index is 10.0. The van der Waals surface area contributed by atoms with Crippen LogP contribution in [0.1, 0.15) is 113 Å². The average molecular weight is 953 g/mol. The van der Waals surface area contributed by atoms with E-state index in [-0.39, 0.29) is 18.2 Å². The van der Waals surface area contributed by atoms with Crippen LogP contribution in [0.4, 0.5) is 0 Å². The summed E-state index contributed by atoms with van der Waals surface area (Å²) in [5.74, 6) is 20.2. The lowest BCUT2D eigenvalue weighted by molar-refractivity contribution is 0.132. The number of aromatic nitrogens is 6. The first-order valence-corrected chi connectivity index (χ1v) is 24.8. The molecule has 2 aliphatic carbocycles. The first kappa shape index (κ1) is 50.5. The quantitative estimate of drug-likeness (QED) is 0.0627. The Morgan fingerprint density at radius 1 is 0.671 bits per heavy atom. The third kappa shape index (κ3) is 12.0. The molecule has 0 bridgehead atoms. The minimum atomic E-state index is -0.650. The van der Waals surface area contributed by atoms with Crippen LogP contribution in [0.25, 0.3) is 22.6 Å². The Hall–Kier alpha value is -5.88. The Bertz CT molecular complexity index is 2710. The van der Waals surface area contributed by atoms with Crippen molar-refractivity contribution in [1.82, 2.24) is 39.6 Å². The van der Waals surface area contributed by atoms with Gasteiger partial charge >= 0.3 is 0 Å². The van der Waals surface area contributed by atoms with Gasteiger partial charge in [-0.25, -0.2) is 9.97 Å². The molecule has 11 rings (SSSR count). The molecule has 15 heteroatoms. The lowest BCUT2D eigenvalue weighted by Gasteiger charge is -2.19. The minimum Gasteiger partial charge on any atom is -0.400 e. The number of epoxide rings is 1. The topological polar surface area (TPSA) is 196 Å². The Kier molecular flexibility index (Phi) is 16.5. The predicted molar refractivity (Wildman–Crippen MR) is 266 cm³/mol. The van der Waals surface area contributed by atoms with Gasteiger partial charge in [0.05, 0.1) is 30.9 Å². The van der Waals surface area contributed by atoms with Crippen molar-refractivity contribution in [2.75, 3.05) is 46.4 Å². The molecule has 7 heterocycles. The molecule has 0 spiro atoms. The maximum Gasteiger partial charge on any atom is 0.167 e. The van der Waals surface area contributed by atoms with Crippen molar-refractivity contribution >= 4 is 0 Å². The van der Waals surface area contributed by atoms with Gasteiger partial charge < -0.3 is 53.6 Å². The number of hydrogen-bond donors (Lipinski definition) is 5. The van der Waals surface area contributed by atoms with Gasteiger partial charge in [0, 0.05) is 97.8 Å². The molecule has 2 saturated carbocycles. The van der Waals surface area contributed by atoms with Crippen LogP contribution >= 0.6 is 0 Å². The van der Waals surface area contributed by atoms with E-state index < -0.39 is 12.2 Å². The first-order valence-electron chi connectivity index (χ1n) is 24.8. The van der Waals surface area contributed by atoms with Crippen molar-refractivity contribution in [3.05, 3.63) is 120 Å². The van der Waals surface area contributed by atoms with E-state index in [2.05, 4.69) is 75.0 Å². The van der Waals surface area contributed by atoms with E-state index in [0.29, 0.717) is 47.2 Å². The van der Waals surface area contributed by atoms with Crippen LogP contribution in [-0.4, -0.2) is 113 Å². The summed E-state index contributed by atoms with van der Waals surface area (Å²) in [5, 5.41) is 48.6. The van der Waals surface area contributed by atoms with E-state index in [9.17, 15) is 15.3 Å². The number of fused-ring (bicyclic) bond motifs is 2. The highest BCUT2D eigenvalue weighted by Gasteiger charge is 2.55. The summed E-state index contributed by atoms with van der Waals surface area (Å²) in [6, 6.07) is 20.1. The Morgan fingerprint density at radius 2 is 1.09 bits per heavy atom. The summed E-state index contributed by atoms with van der Waals surface area (Å²) in [7, 11) is 1.00. The molecule has 15 nitrogen and oxygen atoms in total. The number of ether oxygens (including phenoxy) is 1. The van der Waals surface area contributed by atoms with Gasteiger partial charge in [-0.2, -0.15) is 0 Å². The number of likely N-dealkylation sites (tertiary alicyclic amines) is 1. The molecule has 3 unspecified atom stereocenters. The van der Waals surface area contributed by atoms with Gasteiger partial charge in [0.25, 0.3) is 0 Å². The van der Waals surface area contributed by atoms with Crippen LogP contribution in [0, 0.1) is 59.2 Å². The number of hydrogen-bond acceptors (Lipinski definition) is 13. The SMILES string of the molecule is CC1CO1.CC[C@H](c1cc(-c2ccc(C#CC3[C@H]4CN(C[C@H](C)O)C[C@@H]34)cc2)on1)n1ccnc1[C@H](C)O.CC[C@H](c1cc(-c2ccc(C#CC3[C@H]4CNC[C@@H]34)cc2)on1)n1ccnc1[C@H](C)O.CO. The van der Waals surface area contributed by atoms with Crippen LogP contribution in [0.3, 0.4) is 0 Å². The standard InChI is InChI=1S/C27H32N4O3.C24H26N4O2.C3H6O.CH4O/c1-4-25(31-12-11-28-27(31)18(3)33)24-13-26(34-29-24)20-8-5-19(6-9-20)7-10-21-22-15-30(14-17(2)32)16-23(21)22;1-3-22(28-11-10-26-24(28)15(2)29)21-12-23(30-27-21)17-7-4-16(5-8-17)6-9-18-19-13-25-14-20(18)19;1-3-2-4-3;1-2/h5-6,8-9,11-13,17-18,21-23,25,32-33H,4,14-16H2,1-3H3;4-5,7-8,10-12,15,18-20,22,25,29H,3,13-14H2,1-2H3;3H,2H2,1H3;2H,1H3/t17-,18-,21?,22-,23+,25+;15-,18?,19-,20+,22+;;/m00../s1. The smallest absolute Gasteiger partial charge is 0.167 e. The molecular weight excluding hydrogens is 885 g/mol. The van der Waals surface area contributed by atoms with Crippen molar-refractivity contribution < 1.29 is 34.2 Å². The van der Waals surface area contributed by atoms with Crippen LogP contribution in [0.5, 0.6) is 0 Å². The second kappa shape index (κ2) is 22.9. The molecule has 12 atom stereocenters. The zero-order chi connectivity index (χ0) is 49.5. The van der Waals surface area contributed by atoms with E-state index in [0.717, 1.165) is 111 Å². The van der Waals surface area contributed by atoms with Gasteiger partial charge in [0.15, 0.2) is 11.5 Å². The third-order valence-electron chi connectivity index (χ3n) is 13.8. The number of imidazole rings is 2. The van der Waals surface area contributed by atoms with Gasteiger partial charge in [-0.1, -0.05) is 47.8 Å². The summed E-state index contributed by atoms with van der Waals surface area (Å²) in [6.07, 6.45) is 7.80. The fraction of sp³-hybridized carbons (Fsp3) is 0.491. The monoisotopic (exact) mass is 953 g/mol. The molecule has 4 aromatic heterocycles. The largest absolute Gasteiger partial charge is 0.400 e. The first-order chi connectivity index (χ1) is 34.0. The highest BCUT2D eigenvalue weighted by Crippen LogP contribution is 2.51. The summed E-state index contributed by atoms with van der Waals surface area (Å²) in [4.78, 5) is 10.9. The van der Waals surface area contributed by atoms with Crippen LogP contribution < -0.4 is 5.32 Å². The summed E-state index contributed by atoms with van der Waals surface area (Å²) in [5.41, 5.74) is 5.60. The highest BCUT2D eigenvalue weighted by atomic mass is 16.6. The van der Waals surface area contributed by atoms with Crippen LogP contribution in [0.15, 0.2) is 94.5 Å². The number of nitrogens with one attached hydrogen (secondary N) is 1. The molecular formula is C55H68N8O7. The third-order valence-corrected chi connectivity index (χ3v) is 13.8. The molecule has 2 aromatic carbocycles. The number of aliphatic hydroxyl groups is 4. The van der Waals surface area contributed by atoms with E-state index >= 15 is 0 Å². The van der Waals surface area contributed by atoms with E-state index in [4.69, 9.17) is 18.9 Å². The number of piperidine rings is 2. The summed E-state index contributed by atoms with van der Waals surface area (Å²) >= 11 is 0. The van der Waals surface area contributed by atoms with Crippen molar-refractivity contribution in [3.63, 3.8) is 0 Å². The number of aliphatic hydroxyl groups excluding tert-OH is 4. The molecule has 0 amide bonds. The van der Waals surface area contributed by atoms with Crippen molar-refractivity contribution in [1.29, 1.82) is 0 Å². The Labute approximate surface area is 411 Å². The lowest BCUT2D eigenvalue weighted by atomic mass is 10.1. The van der Waals surface area contributed by atoms with E-state index in [1.54, 1.807) is 26.2 Å². The second-order valence-corrected chi connectivity index (χ2v) is 19.1. The zero-order valence-electron chi connectivity index (χ0n) is 41.3. The summed E-state index contributed by atoms with van der Waals surface area (Å²) < 4.78 is 19.9. The van der Waals surface area contributed by atoms with Crippen LogP contribution in [0.2, 0.25) is 0 Å². The fourth-order valence-electron chi connectivity index (χ4n) is 9.93. The predicted octanol–water partition coefficient (Wildman–Crippen LogP) is 6.92. The Morgan fingerprint density at radius 3 is 1.46 bits per heavy atom. The second-order valence-electron chi connectivity index (χ2n) is 19.1. The van der Waals surface area contributed by atoms with Crippen molar-refractivity contribution in [2.45, 2.75) is 90.9 Å². The highest BCUT2D eigenvalue weighted by molar-refractivity contribution is 5.60. The summed E-state index contributed by atoms with van der Waals surface area (Å²) in [6.45, 7) is 17.6. The molecule has 5 fully saturated rings. The van der Waals surface area contributed by atoms with Gasteiger partial charge in [0.2, 0.25) is 0 Å². The minimum absolute atomic E-state index is 0.0350. The Balaban J connectivity index is 0.000000169. The molecule has 3 saturated heterocycles. The van der Waals surface area contributed by atoms with Gasteiger partial charge in [-0.15, -0.1) is 0 Å². The van der Waals surface area contributed by atoms with Crippen LogP contribution in [-0.2, 0) is 4.74 Å². The fourth-order valence-corrected chi connectivity index (χ4v) is 9.93. The van der Waals surface area contributed by atoms with E-state index in [1.165, 1.54) is 0 Å².